The molecule has 2 heterocycles. The van der Waals surface area contributed by atoms with Crippen molar-refractivity contribution in [3.05, 3.63) is 83.3 Å². The summed E-state index contributed by atoms with van der Waals surface area (Å²) in [7, 11) is 0. The quantitative estimate of drug-likeness (QED) is 0.565. The molecule has 0 saturated heterocycles. The van der Waals surface area contributed by atoms with Gasteiger partial charge in [0.1, 0.15) is 11.5 Å². The molecule has 0 aliphatic rings. The fraction of sp³-hybridized carbons (Fsp3) is 0.190. The first-order valence-corrected chi connectivity index (χ1v) is 8.49. The molecule has 4 aromatic rings. The molecule has 25 heavy (non-hydrogen) atoms. The largest absolute Gasteiger partial charge is 0.465 e. The summed E-state index contributed by atoms with van der Waals surface area (Å²) < 4.78 is 7.87. The van der Waals surface area contributed by atoms with Crippen LogP contribution in [0.25, 0.3) is 11.0 Å². The topological polar surface area (TPSA) is 43.0 Å². The van der Waals surface area contributed by atoms with Crippen LogP contribution in [0.15, 0.2) is 65.1 Å². The second-order valence-corrected chi connectivity index (χ2v) is 6.36. The first-order valence-electron chi connectivity index (χ1n) is 8.49. The molecule has 0 radical (unpaired) electrons. The molecule has 126 valence electrons. The van der Waals surface area contributed by atoms with Gasteiger partial charge in [-0.25, -0.2) is 4.98 Å². The number of aromatic nitrogens is 2. The van der Waals surface area contributed by atoms with Gasteiger partial charge in [-0.2, -0.15) is 0 Å². The monoisotopic (exact) mass is 331 g/mol. The van der Waals surface area contributed by atoms with E-state index in [4.69, 9.17) is 9.40 Å². The molecule has 0 amide bonds. The number of nitrogens with one attached hydrogen (secondary N) is 1. The van der Waals surface area contributed by atoms with E-state index in [-0.39, 0.29) is 0 Å². The molecule has 4 heteroatoms. The molecule has 0 aliphatic heterocycles. The number of benzene rings is 2. The van der Waals surface area contributed by atoms with Crippen molar-refractivity contribution < 1.29 is 4.42 Å². The van der Waals surface area contributed by atoms with Crippen molar-refractivity contribution in [1.29, 1.82) is 0 Å². The Morgan fingerprint density at radius 2 is 1.76 bits per heavy atom. The minimum absolute atomic E-state index is 0.616. The van der Waals surface area contributed by atoms with Crippen LogP contribution >= 0.6 is 0 Å². The molecule has 2 aromatic carbocycles. The van der Waals surface area contributed by atoms with Crippen molar-refractivity contribution >= 4 is 17.0 Å². The van der Waals surface area contributed by atoms with Gasteiger partial charge in [0.25, 0.3) is 0 Å². The van der Waals surface area contributed by atoms with Crippen LogP contribution in [-0.2, 0) is 13.1 Å². The van der Waals surface area contributed by atoms with Crippen molar-refractivity contribution in [3.8, 4) is 0 Å². The lowest BCUT2D eigenvalue weighted by Crippen LogP contribution is -2.08. The second-order valence-electron chi connectivity index (χ2n) is 6.36. The van der Waals surface area contributed by atoms with Crippen molar-refractivity contribution in [1.82, 2.24) is 9.55 Å². The van der Waals surface area contributed by atoms with Gasteiger partial charge in [0.05, 0.1) is 24.1 Å². The number of imidazole rings is 1. The Morgan fingerprint density at radius 1 is 0.960 bits per heavy atom. The van der Waals surface area contributed by atoms with Gasteiger partial charge in [-0.3, -0.25) is 0 Å². The average Bonchev–Trinajstić information content (AvgIpc) is 3.19. The van der Waals surface area contributed by atoms with Gasteiger partial charge in [-0.1, -0.05) is 42.0 Å². The second kappa shape index (κ2) is 6.48. The first-order chi connectivity index (χ1) is 12.2. The number of furan rings is 1. The fourth-order valence-electron chi connectivity index (χ4n) is 2.99. The zero-order valence-electron chi connectivity index (χ0n) is 14.5. The van der Waals surface area contributed by atoms with E-state index in [2.05, 4.69) is 53.2 Å². The van der Waals surface area contributed by atoms with Gasteiger partial charge in [-0.05, 0) is 43.7 Å². The summed E-state index contributed by atoms with van der Waals surface area (Å²) in [4.78, 5) is 4.76. The third kappa shape index (κ3) is 3.29. The lowest BCUT2D eigenvalue weighted by Gasteiger charge is -2.11. The molecular weight excluding hydrogens is 310 g/mol. The van der Waals surface area contributed by atoms with E-state index < -0.39 is 0 Å². The Bertz CT molecular complexity index is 996. The Morgan fingerprint density at radius 3 is 2.52 bits per heavy atom. The van der Waals surface area contributed by atoms with E-state index >= 15 is 0 Å². The summed E-state index contributed by atoms with van der Waals surface area (Å²) in [6, 6.07) is 20.8. The van der Waals surface area contributed by atoms with Crippen LogP contribution in [0.3, 0.4) is 0 Å². The number of fused-ring (bicyclic) bond motifs is 1. The summed E-state index contributed by atoms with van der Waals surface area (Å²) >= 11 is 0. The zero-order valence-corrected chi connectivity index (χ0v) is 14.5. The molecule has 0 unspecified atom stereocenters. The molecule has 4 nitrogen and oxygen atoms in total. The van der Waals surface area contributed by atoms with Gasteiger partial charge in [0.2, 0.25) is 5.95 Å². The van der Waals surface area contributed by atoms with Crippen molar-refractivity contribution in [2.45, 2.75) is 26.9 Å². The Balaban J connectivity index is 1.66. The summed E-state index contributed by atoms with van der Waals surface area (Å²) in [6.07, 6.45) is 0. The Kier molecular flexibility index (Phi) is 4.02. The maximum Gasteiger partial charge on any atom is 0.204 e. The third-order valence-electron chi connectivity index (χ3n) is 4.33. The Hall–Kier alpha value is -3.01. The predicted molar refractivity (Wildman–Crippen MR) is 101 cm³/mol. The Labute approximate surface area is 147 Å². The van der Waals surface area contributed by atoms with Crippen molar-refractivity contribution in [3.63, 3.8) is 0 Å². The van der Waals surface area contributed by atoms with E-state index in [1.165, 1.54) is 11.1 Å². The van der Waals surface area contributed by atoms with Crippen LogP contribution in [0.5, 0.6) is 0 Å². The van der Waals surface area contributed by atoms with E-state index in [9.17, 15) is 0 Å². The summed E-state index contributed by atoms with van der Waals surface area (Å²) in [5.74, 6) is 2.69. The third-order valence-corrected chi connectivity index (χ3v) is 4.33. The van der Waals surface area contributed by atoms with Gasteiger partial charge in [0, 0.05) is 0 Å². The van der Waals surface area contributed by atoms with E-state index in [0.717, 1.165) is 35.0 Å². The molecule has 0 spiro atoms. The zero-order chi connectivity index (χ0) is 17.2. The minimum Gasteiger partial charge on any atom is -0.465 e. The molecule has 2 aromatic heterocycles. The summed E-state index contributed by atoms with van der Waals surface area (Å²) in [6.45, 7) is 5.45. The van der Waals surface area contributed by atoms with Gasteiger partial charge < -0.3 is 14.3 Å². The molecular formula is C21H21N3O. The van der Waals surface area contributed by atoms with Crippen LogP contribution in [-0.4, -0.2) is 9.55 Å². The molecule has 1 N–H and O–H groups in total. The van der Waals surface area contributed by atoms with E-state index in [1.54, 1.807) is 0 Å². The van der Waals surface area contributed by atoms with Crippen molar-refractivity contribution in [2.24, 2.45) is 0 Å². The van der Waals surface area contributed by atoms with Gasteiger partial charge >= 0.3 is 0 Å². The van der Waals surface area contributed by atoms with Crippen LogP contribution in [0.4, 0.5) is 5.95 Å². The van der Waals surface area contributed by atoms with Gasteiger partial charge in [0.15, 0.2) is 0 Å². The van der Waals surface area contributed by atoms with Crippen LogP contribution in [0.2, 0.25) is 0 Å². The highest BCUT2D eigenvalue weighted by Gasteiger charge is 2.11. The predicted octanol–water partition coefficient (Wildman–Crippen LogP) is 4.91. The molecule has 0 atom stereocenters. The average molecular weight is 331 g/mol. The van der Waals surface area contributed by atoms with Crippen LogP contribution < -0.4 is 5.32 Å². The number of para-hydroxylation sites is 2. The summed E-state index contributed by atoms with van der Waals surface area (Å²) in [5.41, 5.74) is 4.64. The fourth-order valence-corrected chi connectivity index (χ4v) is 2.99. The van der Waals surface area contributed by atoms with Crippen molar-refractivity contribution in [2.75, 3.05) is 5.32 Å². The lowest BCUT2D eigenvalue weighted by molar-refractivity contribution is 0.490. The number of hydrogen-bond donors (Lipinski definition) is 1. The minimum atomic E-state index is 0.616. The number of hydrogen-bond acceptors (Lipinski definition) is 3. The highest BCUT2D eigenvalue weighted by Crippen LogP contribution is 2.22. The maximum atomic E-state index is 5.65. The van der Waals surface area contributed by atoms with Gasteiger partial charge in [-0.15, -0.1) is 0 Å². The molecule has 0 bridgehead atoms. The van der Waals surface area contributed by atoms with Crippen LogP contribution in [0, 0.1) is 13.8 Å². The first kappa shape index (κ1) is 15.5. The van der Waals surface area contributed by atoms with E-state index in [0.29, 0.717) is 6.54 Å². The lowest BCUT2D eigenvalue weighted by atomic mass is 10.1. The highest BCUT2D eigenvalue weighted by molar-refractivity contribution is 5.78. The maximum absolute atomic E-state index is 5.65. The van der Waals surface area contributed by atoms with E-state index in [1.807, 2.05) is 31.2 Å². The molecule has 0 aliphatic carbocycles. The molecule has 0 fully saturated rings. The summed E-state index contributed by atoms with van der Waals surface area (Å²) in [5, 5.41) is 3.42. The standard InChI is InChI=1S/C21H21N3O/c1-15-7-10-17(11-8-15)14-24-20-6-4-3-5-19(20)23-21(24)22-13-18-12-9-16(2)25-18/h3-12H,13-14H2,1-2H3,(H,22,23). The highest BCUT2D eigenvalue weighted by atomic mass is 16.3. The SMILES string of the molecule is Cc1ccc(Cn2c(NCc3ccc(C)o3)nc3ccccc32)cc1. The number of anilines is 1. The molecule has 0 saturated carbocycles. The van der Waals surface area contributed by atoms with Crippen LogP contribution in [0.1, 0.15) is 22.6 Å². The molecule has 4 rings (SSSR count). The number of aryl methyl sites for hydroxylation is 2. The smallest absolute Gasteiger partial charge is 0.204 e. The number of rotatable bonds is 5. The number of nitrogens with zero attached hydrogens (tertiary/aromatic N) is 2. The normalized spacial score (nSPS) is 11.1.